The first kappa shape index (κ1) is 17.8. The maximum Gasteiger partial charge on any atom is 0.387 e. The lowest BCUT2D eigenvalue weighted by Gasteiger charge is -2.55. The zero-order valence-corrected chi connectivity index (χ0v) is 14.9. The number of rotatable bonds is 5. The van der Waals surface area contributed by atoms with Crippen LogP contribution in [0.4, 0.5) is 20.4 Å². The van der Waals surface area contributed by atoms with Crippen LogP contribution in [0.25, 0.3) is 11.3 Å². The molecule has 2 saturated heterocycles. The summed E-state index contributed by atoms with van der Waals surface area (Å²) in [6.07, 6.45) is 2.42. The number of nitrogens with two attached hydrogens (primary N) is 1. The monoisotopic (exact) mass is 399 g/mol. The Labute approximate surface area is 153 Å². The molecule has 0 aromatic carbocycles. The molecule has 0 radical (unpaired) electrons. The Kier molecular flexibility index (Phi) is 4.11. The van der Waals surface area contributed by atoms with Gasteiger partial charge in [0.25, 0.3) is 0 Å². The van der Waals surface area contributed by atoms with Gasteiger partial charge in [0.15, 0.2) is 11.6 Å². The van der Waals surface area contributed by atoms with Crippen LogP contribution in [0.2, 0.25) is 0 Å². The Balaban J connectivity index is 1.78. The van der Waals surface area contributed by atoms with Crippen LogP contribution < -0.4 is 15.4 Å². The van der Waals surface area contributed by atoms with Gasteiger partial charge in [0, 0.05) is 30.6 Å². The molecule has 9 nitrogen and oxygen atoms in total. The van der Waals surface area contributed by atoms with Crippen LogP contribution in [-0.4, -0.2) is 61.5 Å². The fraction of sp³-hybridized carbons (Fsp3) is 0.400. The average Bonchev–Trinajstić information content (AvgIpc) is 2.57. The van der Waals surface area contributed by atoms with Crippen molar-refractivity contribution in [1.29, 1.82) is 0 Å². The predicted molar refractivity (Wildman–Crippen MR) is 90.3 cm³/mol. The van der Waals surface area contributed by atoms with Gasteiger partial charge in [-0.15, -0.1) is 0 Å². The summed E-state index contributed by atoms with van der Waals surface area (Å²) in [4.78, 5) is 13.9. The van der Waals surface area contributed by atoms with Crippen molar-refractivity contribution in [1.82, 2.24) is 15.0 Å². The van der Waals surface area contributed by atoms with E-state index in [9.17, 15) is 17.2 Å². The average molecular weight is 399 g/mol. The van der Waals surface area contributed by atoms with Gasteiger partial charge in [-0.05, 0) is 6.07 Å². The maximum absolute atomic E-state index is 12.5. The van der Waals surface area contributed by atoms with Gasteiger partial charge >= 0.3 is 6.61 Å². The summed E-state index contributed by atoms with van der Waals surface area (Å²) in [7, 11) is -3.70. The van der Waals surface area contributed by atoms with Crippen LogP contribution in [0.5, 0.6) is 5.75 Å². The van der Waals surface area contributed by atoms with Gasteiger partial charge in [0.1, 0.15) is 5.82 Å². The second kappa shape index (κ2) is 6.23. The van der Waals surface area contributed by atoms with Crippen molar-refractivity contribution in [3.8, 4) is 17.0 Å². The highest BCUT2D eigenvalue weighted by Crippen LogP contribution is 2.36. The van der Waals surface area contributed by atoms with E-state index in [1.165, 1.54) is 12.3 Å². The number of nitrogen functional groups attached to an aromatic ring is 1. The number of fused-ring (bicyclic) bond motifs is 1. The number of aromatic nitrogens is 3. The van der Waals surface area contributed by atoms with Gasteiger partial charge in [-0.25, -0.2) is 23.4 Å². The molecule has 2 aromatic rings. The number of hydrogen-bond donors (Lipinski definition) is 1. The Morgan fingerprint density at radius 2 is 2.15 bits per heavy atom. The molecule has 0 amide bonds. The summed E-state index contributed by atoms with van der Waals surface area (Å²) in [5, 5.41) is -0.369. The highest BCUT2D eigenvalue weighted by atomic mass is 32.2. The largest absolute Gasteiger partial charge is 0.431 e. The van der Waals surface area contributed by atoms with Gasteiger partial charge in [0.05, 0.1) is 24.4 Å². The highest BCUT2D eigenvalue weighted by Gasteiger charge is 2.48. The molecule has 2 aromatic heterocycles. The fourth-order valence-corrected chi connectivity index (χ4v) is 3.42. The SMILES string of the molecule is CS(=O)(=O)c1nc(-c2cnc(N)c(OC(F)F)c2)cc(N2CC3OC[C@H]32)n1. The molecule has 4 heterocycles. The lowest BCUT2D eigenvalue weighted by molar-refractivity contribution is -0.113. The first-order chi connectivity index (χ1) is 12.7. The standard InChI is InChI=1S/C15H15F2N5O4S/c1-27(23,24)15-20-8(3-12(21-15)22-5-11-9(22)6-25-11)7-2-10(26-14(16)17)13(18)19-4-7/h2-4,9,11,14H,5-6H2,1H3,(H2,18,19)/t9-,11?/m1/s1. The second-order valence-electron chi connectivity index (χ2n) is 6.24. The van der Waals surface area contributed by atoms with Crippen LogP contribution in [0.1, 0.15) is 0 Å². The van der Waals surface area contributed by atoms with Gasteiger partial charge < -0.3 is 20.1 Å². The van der Waals surface area contributed by atoms with Gasteiger partial charge in [-0.3, -0.25) is 0 Å². The van der Waals surface area contributed by atoms with E-state index >= 15 is 0 Å². The third kappa shape index (κ3) is 3.25. The summed E-state index contributed by atoms with van der Waals surface area (Å²) in [6, 6.07) is 2.95. The number of anilines is 2. The lowest BCUT2D eigenvalue weighted by atomic mass is 9.95. The summed E-state index contributed by atoms with van der Waals surface area (Å²) in [5.74, 6) is -0.119. The third-order valence-electron chi connectivity index (χ3n) is 4.40. The predicted octanol–water partition coefficient (Wildman–Crippen LogP) is 0.713. The molecule has 2 atom stereocenters. The molecular formula is C15H15F2N5O4S. The normalized spacial score (nSPS) is 21.4. The molecular weight excluding hydrogens is 384 g/mol. The maximum atomic E-state index is 12.5. The van der Waals surface area contributed by atoms with Crippen LogP contribution in [-0.2, 0) is 14.6 Å². The van der Waals surface area contributed by atoms with E-state index in [2.05, 4.69) is 19.7 Å². The van der Waals surface area contributed by atoms with E-state index in [4.69, 9.17) is 10.5 Å². The number of morpholine rings is 1. The number of hydrogen-bond acceptors (Lipinski definition) is 9. The third-order valence-corrected chi connectivity index (χ3v) is 5.24. The molecule has 12 heteroatoms. The Bertz CT molecular complexity index is 1000. The van der Waals surface area contributed by atoms with E-state index in [1.807, 2.05) is 4.90 Å². The molecule has 4 rings (SSSR count). The summed E-state index contributed by atoms with van der Waals surface area (Å²) in [5.41, 5.74) is 6.02. The summed E-state index contributed by atoms with van der Waals surface area (Å²) in [6.45, 7) is -1.95. The minimum Gasteiger partial charge on any atom is -0.431 e. The summed E-state index contributed by atoms with van der Waals surface area (Å²) < 4.78 is 58.8. The minimum atomic E-state index is -3.70. The number of nitrogens with zero attached hydrogens (tertiary/aromatic N) is 4. The molecule has 144 valence electrons. The molecule has 1 unspecified atom stereocenters. The van der Waals surface area contributed by atoms with Crippen LogP contribution in [0.3, 0.4) is 0 Å². The zero-order chi connectivity index (χ0) is 19.3. The lowest BCUT2D eigenvalue weighted by Crippen LogP contribution is -2.71. The molecule has 0 spiro atoms. The van der Waals surface area contributed by atoms with Crippen LogP contribution in [0, 0.1) is 0 Å². The first-order valence-corrected chi connectivity index (χ1v) is 9.79. The van der Waals surface area contributed by atoms with Gasteiger partial charge in [-0.1, -0.05) is 0 Å². The zero-order valence-electron chi connectivity index (χ0n) is 14.0. The highest BCUT2D eigenvalue weighted by molar-refractivity contribution is 7.90. The fourth-order valence-electron chi connectivity index (χ4n) is 2.90. The molecule has 0 bridgehead atoms. The Morgan fingerprint density at radius 1 is 1.37 bits per heavy atom. The smallest absolute Gasteiger partial charge is 0.387 e. The molecule has 2 aliphatic rings. The van der Waals surface area contributed by atoms with Crippen molar-refractivity contribution in [3.05, 3.63) is 18.3 Å². The number of pyridine rings is 1. The molecule has 2 N–H and O–H groups in total. The Hall–Kier alpha value is -2.60. The molecule has 0 aliphatic carbocycles. The van der Waals surface area contributed by atoms with E-state index in [0.717, 1.165) is 6.26 Å². The number of alkyl halides is 2. The van der Waals surface area contributed by atoms with E-state index in [-0.39, 0.29) is 40.1 Å². The van der Waals surface area contributed by atoms with Gasteiger partial charge in [0.2, 0.25) is 15.0 Å². The second-order valence-corrected chi connectivity index (χ2v) is 8.15. The minimum absolute atomic E-state index is 0.120. The van der Waals surface area contributed by atoms with Crippen molar-refractivity contribution in [2.45, 2.75) is 23.9 Å². The van der Waals surface area contributed by atoms with Gasteiger partial charge in [-0.2, -0.15) is 8.78 Å². The van der Waals surface area contributed by atoms with Crippen molar-refractivity contribution < 1.29 is 26.7 Å². The molecule has 27 heavy (non-hydrogen) atoms. The number of sulfone groups is 1. The molecule has 2 aliphatic heterocycles. The van der Waals surface area contributed by atoms with Crippen LogP contribution >= 0.6 is 0 Å². The molecule has 2 fully saturated rings. The van der Waals surface area contributed by atoms with E-state index < -0.39 is 16.4 Å². The van der Waals surface area contributed by atoms with Crippen molar-refractivity contribution in [2.24, 2.45) is 0 Å². The Morgan fingerprint density at radius 3 is 2.70 bits per heavy atom. The summed E-state index contributed by atoms with van der Waals surface area (Å²) >= 11 is 0. The van der Waals surface area contributed by atoms with Crippen LogP contribution in [0.15, 0.2) is 23.5 Å². The van der Waals surface area contributed by atoms with Crippen molar-refractivity contribution in [2.75, 3.05) is 30.0 Å². The van der Waals surface area contributed by atoms with Crippen molar-refractivity contribution in [3.63, 3.8) is 0 Å². The molecule has 0 saturated carbocycles. The van der Waals surface area contributed by atoms with E-state index in [1.54, 1.807) is 6.07 Å². The number of halogens is 2. The first-order valence-electron chi connectivity index (χ1n) is 7.90. The number of ether oxygens (including phenoxy) is 2. The quantitative estimate of drug-likeness (QED) is 0.725. The topological polar surface area (TPSA) is 121 Å². The van der Waals surface area contributed by atoms with Crippen molar-refractivity contribution >= 4 is 21.5 Å². The van der Waals surface area contributed by atoms with E-state index in [0.29, 0.717) is 19.0 Å².